The molecule has 1 heterocycles. The van der Waals surface area contributed by atoms with Crippen molar-refractivity contribution < 1.29 is 9.84 Å². The maximum atomic E-state index is 9.33. The fourth-order valence-electron chi connectivity index (χ4n) is 1.97. The van der Waals surface area contributed by atoms with Crippen molar-refractivity contribution >= 4 is 33.0 Å². The number of phenols is 1. The second-order valence-corrected chi connectivity index (χ2v) is 5.58. The lowest BCUT2D eigenvalue weighted by Gasteiger charge is -1.99. The highest BCUT2D eigenvalue weighted by Crippen LogP contribution is 2.43. The zero-order chi connectivity index (χ0) is 13.4. The van der Waals surface area contributed by atoms with Gasteiger partial charge >= 0.3 is 0 Å². The molecule has 0 radical (unpaired) electrons. The summed E-state index contributed by atoms with van der Waals surface area (Å²) in [7, 11) is 1.65. The largest absolute Gasteiger partial charge is 0.508 e. The molecule has 3 aromatic rings. The molecule has 0 saturated carbocycles. The van der Waals surface area contributed by atoms with E-state index in [0.717, 1.165) is 31.3 Å². The highest BCUT2D eigenvalue weighted by atomic mass is 35.5. The van der Waals surface area contributed by atoms with Crippen LogP contribution in [0.2, 0.25) is 5.02 Å². The van der Waals surface area contributed by atoms with Crippen LogP contribution in [0.25, 0.3) is 20.5 Å². The molecule has 1 aromatic heterocycles. The average molecular weight is 291 g/mol. The molecule has 0 unspecified atom stereocenters. The van der Waals surface area contributed by atoms with Gasteiger partial charge in [0.1, 0.15) is 11.5 Å². The van der Waals surface area contributed by atoms with Gasteiger partial charge in [-0.2, -0.15) is 0 Å². The van der Waals surface area contributed by atoms with Gasteiger partial charge in [0.25, 0.3) is 0 Å². The molecule has 0 atom stereocenters. The number of rotatable bonds is 2. The summed E-state index contributed by atoms with van der Waals surface area (Å²) >= 11 is 8.05. The van der Waals surface area contributed by atoms with Gasteiger partial charge in [-0.25, -0.2) is 0 Å². The number of benzene rings is 2. The van der Waals surface area contributed by atoms with Crippen LogP contribution in [0.4, 0.5) is 0 Å². The van der Waals surface area contributed by atoms with Gasteiger partial charge in [0.05, 0.1) is 17.0 Å². The van der Waals surface area contributed by atoms with Gasteiger partial charge in [0, 0.05) is 10.1 Å². The Labute approximate surface area is 119 Å². The molecule has 0 aliphatic rings. The zero-order valence-corrected chi connectivity index (χ0v) is 11.8. The third-order valence-electron chi connectivity index (χ3n) is 2.97. The Kier molecular flexibility index (Phi) is 3.09. The van der Waals surface area contributed by atoms with Crippen LogP contribution in [-0.4, -0.2) is 12.2 Å². The van der Waals surface area contributed by atoms with Gasteiger partial charge in [0.15, 0.2) is 0 Å². The number of phenolic OH excluding ortho intramolecular Hbond substituents is 1. The highest BCUT2D eigenvalue weighted by Gasteiger charge is 2.12. The van der Waals surface area contributed by atoms with Gasteiger partial charge in [-0.3, -0.25) is 0 Å². The lowest BCUT2D eigenvalue weighted by molar-refractivity contribution is 0.415. The predicted molar refractivity (Wildman–Crippen MR) is 80.5 cm³/mol. The normalized spacial score (nSPS) is 10.8. The van der Waals surface area contributed by atoms with Crippen LogP contribution in [0, 0.1) is 0 Å². The number of aromatic hydroxyl groups is 1. The van der Waals surface area contributed by atoms with E-state index in [0.29, 0.717) is 0 Å². The molecular weight excluding hydrogens is 280 g/mol. The molecule has 0 saturated heterocycles. The molecule has 4 heteroatoms. The van der Waals surface area contributed by atoms with Gasteiger partial charge in [-0.05, 0) is 48.0 Å². The van der Waals surface area contributed by atoms with E-state index in [1.165, 1.54) is 0 Å². The van der Waals surface area contributed by atoms with E-state index in [-0.39, 0.29) is 5.75 Å². The summed E-state index contributed by atoms with van der Waals surface area (Å²) in [5.74, 6) is 1.07. The number of halogens is 1. The second kappa shape index (κ2) is 4.76. The van der Waals surface area contributed by atoms with Crippen molar-refractivity contribution in [1.82, 2.24) is 0 Å². The topological polar surface area (TPSA) is 29.5 Å². The maximum Gasteiger partial charge on any atom is 0.120 e. The van der Waals surface area contributed by atoms with E-state index in [9.17, 15) is 5.11 Å². The molecule has 3 rings (SSSR count). The standard InChI is InChI=1S/C15H11ClO2S/c1-18-11-6-7-12-13(8-11)19-15(14(12)16)9-2-4-10(17)5-3-9/h2-8,17H,1H3. The third kappa shape index (κ3) is 2.15. The quantitative estimate of drug-likeness (QED) is 0.724. The molecule has 0 amide bonds. The van der Waals surface area contributed by atoms with E-state index in [1.807, 2.05) is 30.3 Å². The Morgan fingerprint density at radius 1 is 1.11 bits per heavy atom. The Hall–Kier alpha value is -1.71. The first-order valence-electron chi connectivity index (χ1n) is 5.74. The van der Waals surface area contributed by atoms with Crippen LogP contribution in [0.3, 0.4) is 0 Å². The number of ether oxygens (including phenoxy) is 1. The zero-order valence-electron chi connectivity index (χ0n) is 10.2. The third-order valence-corrected chi connectivity index (χ3v) is 4.67. The maximum absolute atomic E-state index is 9.33. The van der Waals surface area contributed by atoms with Crippen LogP contribution in [0.1, 0.15) is 0 Å². The minimum Gasteiger partial charge on any atom is -0.508 e. The van der Waals surface area contributed by atoms with E-state index >= 15 is 0 Å². The molecule has 19 heavy (non-hydrogen) atoms. The number of hydrogen-bond acceptors (Lipinski definition) is 3. The molecular formula is C15H11ClO2S. The molecule has 1 N–H and O–H groups in total. The van der Waals surface area contributed by atoms with Crippen molar-refractivity contribution in [3.63, 3.8) is 0 Å². The summed E-state index contributed by atoms with van der Waals surface area (Å²) < 4.78 is 6.31. The van der Waals surface area contributed by atoms with Crippen molar-refractivity contribution in [2.75, 3.05) is 7.11 Å². The molecule has 96 valence electrons. The monoisotopic (exact) mass is 290 g/mol. The molecule has 0 bridgehead atoms. The second-order valence-electron chi connectivity index (χ2n) is 4.15. The summed E-state index contributed by atoms with van der Waals surface area (Å²) in [6, 6.07) is 12.9. The summed E-state index contributed by atoms with van der Waals surface area (Å²) in [5.41, 5.74) is 1.00. The van der Waals surface area contributed by atoms with Gasteiger partial charge in [-0.15, -0.1) is 11.3 Å². The van der Waals surface area contributed by atoms with Gasteiger partial charge in [0.2, 0.25) is 0 Å². The lowest BCUT2D eigenvalue weighted by Crippen LogP contribution is -1.79. The fourth-order valence-corrected chi connectivity index (χ4v) is 3.55. The Morgan fingerprint density at radius 3 is 2.53 bits per heavy atom. The first-order valence-corrected chi connectivity index (χ1v) is 6.94. The van der Waals surface area contributed by atoms with Crippen molar-refractivity contribution in [3.8, 4) is 21.9 Å². The molecule has 0 aliphatic heterocycles. The van der Waals surface area contributed by atoms with Crippen molar-refractivity contribution in [3.05, 3.63) is 47.5 Å². The van der Waals surface area contributed by atoms with Crippen LogP contribution >= 0.6 is 22.9 Å². The average Bonchev–Trinajstić information content (AvgIpc) is 2.76. The number of fused-ring (bicyclic) bond motifs is 1. The van der Waals surface area contributed by atoms with Crippen molar-refractivity contribution in [1.29, 1.82) is 0 Å². The van der Waals surface area contributed by atoms with Crippen molar-refractivity contribution in [2.24, 2.45) is 0 Å². The van der Waals surface area contributed by atoms with E-state index in [2.05, 4.69) is 0 Å². The molecule has 0 fully saturated rings. The number of thiophene rings is 1. The summed E-state index contributed by atoms with van der Waals surface area (Å²) in [5, 5.41) is 11.1. The highest BCUT2D eigenvalue weighted by molar-refractivity contribution is 7.23. The Balaban J connectivity index is 2.19. The van der Waals surface area contributed by atoms with E-state index in [1.54, 1.807) is 30.6 Å². The first kappa shape index (κ1) is 12.3. The SMILES string of the molecule is COc1ccc2c(Cl)c(-c3ccc(O)cc3)sc2c1. The molecule has 0 aliphatic carbocycles. The minimum absolute atomic E-state index is 0.252. The lowest BCUT2D eigenvalue weighted by atomic mass is 10.1. The van der Waals surface area contributed by atoms with Crippen LogP contribution in [-0.2, 0) is 0 Å². The number of methoxy groups -OCH3 is 1. The summed E-state index contributed by atoms with van der Waals surface area (Å²) in [4.78, 5) is 1.00. The smallest absolute Gasteiger partial charge is 0.120 e. The predicted octanol–water partition coefficient (Wildman–Crippen LogP) is 4.94. The molecule has 0 spiro atoms. The number of hydrogen-bond donors (Lipinski definition) is 1. The summed E-state index contributed by atoms with van der Waals surface area (Å²) in [6.45, 7) is 0. The van der Waals surface area contributed by atoms with Gasteiger partial charge in [-0.1, -0.05) is 11.6 Å². The van der Waals surface area contributed by atoms with E-state index in [4.69, 9.17) is 16.3 Å². The Morgan fingerprint density at radius 2 is 1.84 bits per heavy atom. The van der Waals surface area contributed by atoms with Crippen molar-refractivity contribution in [2.45, 2.75) is 0 Å². The first-order chi connectivity index (χ1) is 9.19. The molecule has 2 aromatic carbocycles. The van der Waals surface area contributed by atoms with E-state index < -0.39 is 0 Å². The van der Waals surface area contributed by atoms with Crippen LogP contribution in [0.15, 0.2) is 42.5 Å². The van der Waals surface area contributed by atoms with Gasteiger partial charge < -0.3 is 9.84 Å². The molecule has 2 nitrogen and oxygen atoms in total. The fraction of sp³-hybridized carbons (Fsp3) is 0.0667. The summed E-state index contributed by atoms with van der Waals surface area (Å²) in [6.07, 6.45) is 0. The van der Waals surface area contributed by atoms with Crippen LogP contribution in [0.5, 0.6) is 11.5 Å². The minimum atomic E-state index is 0.252. The Bertz CT molecular complexity index is 732. The van der Waals surface area contributed by atoms with Crippen LogP contribution < -0.4 is 4.74 Å².